The number of esters is 1. The summed E-state index contributed by atoms with van der Waals surface area (Å²) in [5.41, 5.74) is 1.68. The Balaban J connectivity index is 2.00. The molecule has 2 N–H and O–H groups in total. The van der Waals surface area contributed by atoms with Crippen LogP contribution in [0.3, 0.4) is 0 Å². The van der Waals surface area contributed by atoms with Gasteiger partial charge in [0.25, 0.3) is 0 Å². The standard InChI is InChI=1S/C19H25N3O5S/c1-25-14-5-4-12(10-15(14)26-2)17-16(18(23)27-3)13(20-19(24)21-17)11-22-6-8-28-9-7-22/h4-5,10,17H,6-9,11H2,1-3H3,(H2,20,21,24). The molecule has 1 unspecified atom stereocenters. The van der Waals surface area contributed by atoms with Crippen LogP contribution in [-0.2, 0) is 9.53 Å². The minimum atomic E-state index is -0.643. The summed E-state index contributed by atoms with van der Waals surface area (Å²) in [5.74, 6) is 2.68. The van der Waals surface area contributed by atoms with E-state index in [1.165, 1.54) is 7.11 Å². The molecule has 0 bridgehead atoms. The Morgan fingerprint density at radius 1 is 1.18 bits per heavy atom. The molecule has 9 heteroatoms. The fourth-order valence-corrected chi connectivity index (χ4v) is 4.34. The van der Waals surface area contributed by atoms with E-state index in [9.17, 15) is 9.59 Å². The summed E-state index contributed by atoms with van der Waals surface area (Å²) in [6, 6.07) is 4.31. The lowest BCUT2D eigenvalue weighted by Crippen LogP contribution is -2.49. The monoisotopic (exact) mass is 407 g/mol. The van der Waals surface area contributed by atoms with Gasteiger partial charge in [-0.3, -0.25) is 4.90 Å². The molecule has 1 aromatic carbocycles. The minimum absolute atomic E-state index is 0.353. The molecule has 0 radical (unpaired) electrons. The number of nitrogens with zero attached hydrogens (tertiary/aromatic N) is 1. The summed E-state index contributed by atoms with van der Waals surface area (Å²) in [7, 11) is 4.44. The number of carbonyl (C=O) groups is 2. The van der Waals surface area contributed by atoms with Gasteiger partial charge in [0.15, 0.2) is 11.5 Å². The lowest BCUT2D eigenvalue weighted by molar-refractivity contribution is -0.136. The van der Waals surface area contributed by atoms with Crippen LogP contribution in [0.25, 0.3) is 0 Å². The third-order valence-corrected chi connectivity index (χ3v) is 5.73. The highest BCUT2D eigenvalue weighted by Gasteiger charge is 2.34. The number of carbonyl (C=O) groups excluding carboxylic acids is 2. The molecule has 1 atom stereocenters. The normalized spacial score (nSPS) is 20.2. The molecule has 0 spiro atoms. The van der Waals surface area contributed by atoms with Gasteiger partial charge in [-0.2, -0.15) is 11.8 Å². The van der Waals surface area contributed by atoms with Crippen molar-refractivity contribution in [1.29, 1.82) is 0 Å². The van der Waals surface area contributed by atoms with Gasteiger partial charge in [0, 0.05) is 36.8 Å². The highest BCUT2D eigenvalue weighted by Crippen LogP contribution is 2.34. The molecule has 0 aromatic heterocycles. The predicted octanol–water partition coefficient (Wildman–Crippen LogP) is 1.53. The molecule has 0 saturated carbocycles. The van der Waals surface area contributed by atoms with Crippen molar-refractivity contribution < 1.29 is 23.8 Å². The van der Waals surface area contributed by atoms with E-state index in [0.717, 1.165) is 24.6 Å². The summed E-state index contributed by atoms with van der Waals surface area (Å²) in [4.78, 5) is 27.2. The minimum Gasteiger partial charge on any atom is -0.493 e. The first-order valence-electron chi connectivity index (χ1n) is 8.98. The summed E-state index contributed by atoms with van der Waals surface area (Å²) in [6.45, 7) is 2.31. The Hall–Kier alpha value is -2.39. The maximum absolute atomic E-state index is 12.6. The third kappa shape index (κ3) is 4.36. The average molecular weight is 407 g/mol. The number of amides is 2. The highest BCUT2D eigenvalue weighted by molar-refractivity contribution is 7.99. The zero-order chi connectivity index (χ0) is 20.1. The van der Waals surface area contributed by atoms with Gasteiger partial charge in [0.2, 0.25) is 0 Å². The van der Waals surface area contributed by atoms with Crippen LogP contribution < -0.4 is 20.1 Å². The Morgan fingerprint density at radius 2 is 1.89 bits per heavy atom. The van der Waals surface area contributed by atoms with Crippen molar-refractivity contribution in [2.24, 2.45) is 0 Å². The van der Waals surface area contributed by atoms with Gasteiger partial charge in [-0.1, -0.05) is 6.07 Å². The van der Waals surface area contributed by atoms with Gasteiger partial charge in [-0.05, 0) is 17.7 Å². The quantitative estimate of drug-likeness (QED) is 0.692. The van der Waals surface area contributed by atoms with Crippen molar-refractivity contribution in [2.75, 3.05) is 52.5 Å². The van der Waals surface area contributed by atoms with Gasteiger partial charge in [-0.25, -0.2) is 9.59 Å². The number of benzene rings is 1. The second-order valence-corrected chi connectivity index (χ2v) is 7.64. The van der Waals surface area contributed by atoms with E-state index >= 15 is 0 Å². The highest BCUT2D eigenvalue weighted by atomic mass is 32.2. The number of ether oxygens (including phenoxy) is 3. The second-order valence-electron chi connectivity index (χ2n) is 6.42. The summed E-state index contributed by atoms with van der Waals surface area (Å²) in [5, 5.41) is 5.63. The first-order valence-corrected chi connectivity index (χ1v) is 10.1. The van der Waals surface area contributed by atoms with Crippen molar-refractivity contribution >= 4 is 23.8 Å². The summed E-state index contributed by atoms with van der Waals surface area (Å²) in [6.07, 6.45) is 0. The van der Waals surface area contributed by atoms with Crippen LogP contribution in [-0.4, -0.2) is 69.4 Å². The van der Waals surface area contributed by atoms with E-state index in [1.807, 2.05) is 11.8 Å². The molecule has 152 valence electrons. The van der Waals surface area contributed by atoms with Gasteiger partial charge < -0.3 is 24.8 Å². The topological polar surface area (TPSA) is 89.1 Å². The molecule has 2 heterocycles. The average Bonchev–Trinajstić information content (AvgIpc) is 2.73. The van der Waals surface area contributed by atoms with Crippen molar-refractivity contribution in [3.05, 3.63) is 35.0 Å². The van der Waals surface area contributed by atoms with Crippen LogP contribution in [0, 0.1) is 0 Å². The molecular weight excluding hydrogens is 382 g/mol. The van der Waals surface area contributed by atoms with Crippen LogP contribution in [0.5, 0.6) is 11.5 Å². The molecule has 2 aliphatic heterocycles. The van der Waals surface area contributed by atoms with Crippen molar-refractivity contribution in [2.45, 2.75) is 6.04 Å². The number of methoxy groups -OCH3 is 3. The fraction of sp³-hybridized carbons (Fsp3) is 0.474. The molecule has 2 amide bonds. The van der Waals surface area contributed by atoms with E-state index in [2.05, 4.69) is 15.5 Å². The zero-order valence-corrected chi connectivity index (χ0v) is 17.1. The van der Waals surface area contributed by atoms with Crippen molar-refractivity contribution in [1.82, 2.24) is 15.5 Å². The maximum Gasteiger partial charge on any atom is 0.338 e. The number of rotatable bonds is 6. The van der Waals surface area contributed by atoms with E-state index in [4.69, 9.17) is 14.2 Å². The van der Waals surface area contributed by atoms with Crippen molar-refractivity contribution in [3.63, 3.8) is 0 Å². The number of urea groups is 1. The Kier molecular flexibility index (Phi) is 6.69. The van der Waals surface area contributed by atoms with Crippen molar-refractivity contribution in [3.8, 4) is 11.5 Å². The van der Waals surface area contributed by atoms with Gasteiger partial charge >= 0.3 is 12.0 Å². The molecule has 1 aromatic rings. The molecule has 8 nitrogen and oxygen atoms in total. The Bertz CT molecular complexity index is 777. The van der Waals surface area contributed by atoms with Crippen LogP contribution >= 0.6 is 11.8 Å². The van der Waals surface area contributed by atoms with Crippen LogP contribution in [0.1, 0.15) is 11.6 Å². The molecule has 0 aliphatic carbocycles. The Morgan fingerprint density at radius 3 is 2.54 bits per heavy atom. The number of thioether (sulfide) groups is 1. The van der Waals surface area contributed by atoms with E-state index < -0.39 is 12.0 Å². The summed E-state index contributed by atoms with van der Waals surface area (Å²) < 4.78 is 15.7. The van der Waals surface area contributed by atoms with E-state index in [0.29, 0.717) is 34.9 Å². The van der Waals surface area contributed by atoms with Crippen LogP contribution in [0.4, 0.5) is 4.79 Å². The SMILES string of the molecule is COC(=O)C1=C(CN2CCSCC2)NC(=O)NC1c1ccc(OC)c(OC)c1. The lowest BCUT2D eigenvalue weighted by atomic mass is 9.94. The molecular formula is C19H25N3O5S. The maximum atomic E-state index is 12.6. The second kappa shape index (κ2) is 9.20. The van der Waals surface area contributed by atoms with Gasteiger partial charge in [0.1, 0.15) is 0 Å². The predicted molar refractivity (Wildman–Crippen MR) is 107 cm³/mol. The van der Waals surface area contributed by atoms with E-state index in [1.54, 1.807) is 32.4 Å². The first kappa shape index (κ1) is 20.3. The number of nitrogens with one attached hydrogen (secondary N) is 2. The first-order chi connectivity index (χ1) is 13.6. The van der Waals surface area contributed by atoms with E-state index in [-0.39, 0.29) is 6.03 Å². The summed E-state index contributed by atoms with van der Waals surface area (Å²) >= 11 is 1.90. The Labute approximate surface area is 168 Å². The molecule has 1 saturated heterocycles. The zero-order valence-electron chi connectivity index (χ0n) is 16.2. The fourth-order valence-electron chi connectivity index (χ4n) is 3.36. The number of hydrogen-bond donors (Lipinski definition) is 2. The van der Waals surface area contributed by atoms with Gasteiger partial charge in [-0.15, -0.1) is 0 Å². The molecule has 28 heavy (non-hydrogen) atoms. The van der Waals surface area contributed by atoms with Crippen LogP contribution in [0.15, 0.2) is 29.5 Å². The number of hydrogen-bond acceptors (Lipinski definition) is 7. The smallest absolute Gasteiger partial charge is 0.338 e. The molecule has 3 rings (SSSR count). The largest absolute Gasteiger partial charge is 0.493 e. The lowest BCUT2D eigenvalue weighted by Gasteiger charge is -2.33. The van der Waals surface area contributed by atoms with Crippen LogP contribution in [0.2, 0.25) is 0 Å². The molecule has 1 fully saturated rings. The third-order valence-electron chi connectivity index (χ3n) is 4.79. The molecule has 2 aliphatic rings. The van der Waals surface area contributed by atoms with Gasteiger partial charge in [0.05, 0.1) is 32.9 Å².